The fourth-order valence-electron chi connectivity index (χ4n) is 3.14. The van der Waals surface area contributed by atoms with Crippen LogP contribution >= 0.6 is 0 Å². The van der Waals surface area contributed by atoms with Crippen LogP contribution in [0.15, 0.2) is 11.6 Å². The van der Waals surface area contributed by atoms with Gasteiger partial charge in [-0.05, 0) is 30.6 Å². The number of nitrogens with zero attached hydrogens (tertiary/aromatic N) is 4. The zero-order valence-electron chi connectivity index (χ0n) is 12.1. The quantitative estimate of drug-likeness (QED) is 0.903. The van der Waals surface area contributed by atoms with E-state index in [4.69, 9.17) is 0 Å². The van der Waals surface area contributed by atoms with Gasteiger partial charge in [0.2, 0.25) is 5.91 Å². The van der Waals surface area contributed by atoms with Gasteiger partial charge in [-0.2, -0.15) is 5.21 Å². The van der Waals surface area contributed by atoms with E-state index in [0.717, 1.165) is 50.2 Å². The Morgan fingerprint density at radius 3 is 2.70 bits per heavy atom. The third-order valence-electron chi connectivity index (χ3n) is 4.25. The number of allylic oxidation sites excluding steroid dienone is 1. The van der Waals surface area contributed by atoms with Crippen LogP contribution in [0.5, 0.6) is 0 Å². The summed E-state index contributed by atoms with van der Waals surface area (Å²) in [6, 6.07) is 0. The van der Waals surface area contributed by atoms with Crippen LogP contribution in [0.1, 0.15) is 38.9 Å². The van der Waals surface area contributed by atoms with Gasteiger partial charge in [-0.15, -0.1) is 10.2 Å². The number of carbonyl (C=O) groups is 1. The Bertz CT molecular complexity index is 512. The van der Waals surface area contributed by atoms with Gasteiger partial charge in [-0.25, -0.2) is 0 Å². The Hall–Kier alpha value is -1.72. The van der Waals surface area contributed by atoms with Crippen LogP contribution in [0.2, 0.25) is 0 Å². The molecular formula is C14H21N5O. The Morgan fingerprint density at radius 1 is 1.45 bits per heavy atom. The Labute approximate surface area is 118 Å². The molecule has 0 saturated carbocycles. The SMILES string of the molecule is CC1(C)C=C(C(=O)N2CCC(Cc3nn[nH]n3)CC2)C1. The average Bonchev–Trinajstić information content (AvgIpc) is 2.89. The number of piperidine rings is 1. The molecule has 0 radical (unpaired) electrons. The van der Waals surface area contributed by atoms with E-state index in [9.17, 15) is 4.79 Å². The summed E-state index contributed by atoms with van der Waals surface area (Å²) in [7, 11) is 0. The van der Waals surface area contributed by atoms with Gasteiger partial charge in [-0.1, -0.05) is 25.1 Å². The largest absolute Gasteiger partial charge is 0.339 e. The molecule has 1 aliphatic carbocycles. The Morgan fingerprint density at radius 2 is 2.15 bits per heavy atom. The van der Waals surface area contributed by atoms with Crippen molar-refractivity contribution >= 4 is 5.91 Å². The lowest BCUT2D eigenvalue weighted by Gasteiger charge is -2.37. The molecule has 1 aromatic heterocycles. The smallest absolute Gasteiger partial charge is 0.249 e. The molecule has 1 aliphatic heterocycles. The lowest BCUT2D eigenvalue weighted by Crippen LogP contribution is -2.42. The number of hydrogen-bond donors (Lipinski definition) is 1. The standard InChI is InChI=1S/C14H21N5O/c1-14(2)8-11(9-14)13(20)19-5-3-10(4-6-19)7-12-15-17-18-16-12/h8,10H,3-7,9H2,1-2H3,(H,15,16,17,18). The molecular weight excluding hydrogens is 254 g/mol. The van der Waals surface area contributed by atoms with Gasteiger partial charge in [0.15, 0.2) is 5.82 Å². The van der Waals surface area contributed by atoms with Crippen molar-refractivity contribution in [2.75, 3.05) is 13.1 Å². The first-order chi connectivity index (χ1) is 9.53. The summed E-state index contributed by atoms with van der Waals surface area (Å²) in [5, 5.41) is 14.0. The number of rotatable bonds is 3. The summed E-state index contributed by atoms with van der Waals surface area (Å²) in [4.78, 5) is 14.3. The Kier molecular flexibility index (Phi) is 3.31. The molecule has 20 heavy (non-hydrogen) atoms. The Balaban J connectivity index is 1.50. The van der Waals surface area contributed by atoms with Gasteiger partial charge in [0.25, 0.3) is 0 Å². The molecule has 0 unspecified atom stereocenters. The molecule has 3 rings (SSSR count). The summed E-state index contributed by atoms with van der Waals surface area (Å²) in [6.07, 6.45) is 5.93. The van der Waals surface area contributed by atoms with Crippen molar-refractivity contribution in [3.05, 3.63) is 17.5 Å². The van der Waals surface area contributed by atoms with Crippen LogP contribution in [0.25, 0.3) is 0 Å². The molecule has 1 aromatic rings. The normalized spacial score (nSPS) is 22.3. The predicted octanol–water partition coefficient (Wildman–Crippen LogP) is 1.34. The molecule has 0 aromatic carbocycles. The minimum absolute atomic E-state index is 0.210. The molecule has 0 bridgehead atoms. The van der Waals surface area contributed by atoms with Crippen LogP contribution in [-0.2, 0) is 11.2 Å². The number of likely N-dealkylation sites (tertiary alicyclic amines) is 1. The van der Waals surface area contributed by atoms with Crippen molar-refractivity contribution in [2.24, 2.45) is 11.3 Å². The van der Waals surface area contributed by atoms with Gasteiger partial charge in [0.1, 0.15) is 0 Å². The third kappa shape index (κ3) is 2.73. The van der Waals surface area contributed by atoms with Crippen molar-refractivity contribution in [1.29, 1.82) is 0 Å². The monoisotopic (exact) mass is 275 g/mol. The highest BCUT2D eigenvalue weighted by molar-refractivity contribution is 5.95. The van der Waals surface area contributed by atoms with Crippen molar-refractivity contribution < 1.29 is 4.79 Å². The van der Waals surface area contributed by atoms with E-state index in [0.29, 0.717) is 5.92 Å². The van der Waals surface area contributed by atoms with Crippen molar-refractivity contribution in [2.45, 2.75) is 39.5 Å². The first kappa shape index (κ1) is 13.3. The number of aromatic amines is 1. The predicted molar refractivity (Wildman–Crippen MR) is 73.7 cm³/mol. The number of amides is 1. The number of carbonyl (C=O) groups excluding carboxylic acids is 1. The topological polar surface area (TPSA) is 74.8 Å². The van der Waals surface area contributed by atoms with E-state index in [-0.39, 0.29) is 11.3 Å². The lowest BCUT2D eigenvalue weighted by atomic mass is 9.73. The van der Waals surface area contributed by atoms with Crippen molar-refractivity contribution in [3.8, 4) is 0 Å². The first-order valence-electron chi connectivity index (χ1n) is 7.27. The van der Waals surface area contributed by atoms with E-state index < -0.39 is 0 Å². The highest BCUT2D eigenvalue weighted by Crippen LogP contribution is 2.39. The van der Waals surface area contributed by atoms with Crippen LogP contribution in [0.4, 0.5) is 0 Å². The number of H-pyrrole nitrogens is 1. The molecule has 1 saturated heterocycles. The average molecular weight is 275 g/mol. The van der Waals surface area contributed by atoms with Crippen LogP contribution in [0.3, 0.4) is 0 Å². The summed E-state index contributed by atoms with van der Waals surface area (Å²) < 4.78 is 0. The minimum Gasteiger partial charge on any atom is -0.339 e. The minimum atomic E-state index is 0.210. The van der Waals surface area contributed by atoms with Crippen LogP contribution in [0, 0.1) is 11.3 Å². The fourth-order valence-corrected chi connectivity index (χ4v) is 3.14. The molecule has 2 heterocycles. The number of nitrogens with one attached hydrogen (secondary N) is 1. The summed E-state index contributed by atoms with van der Waals surface area (Å²) in [5.41, 5.74) is 1.20. The number of hydrogen-bond acceptors (Lipinski definition) is 4. The molecule has 0 atom stereocenters. The van der Waals surface area contributed by atoms with Crippen molar-refractivity contribution in [3.63, 3.8) is 0 Å². The number of tetrazole rings is 1. The highest BCUT2D eigenvalue weighted by atomic mass is 16.2. The zero-order chi connectivity index (χ0) is 14.2. The fraction of sp³-hybridized carbons (Fsp3) is 0.714. The number of aromatic nitrogens is 4. The molecule has 1 fully saturated rings. The van der Waals surface area contributed by atoms with E-state index in [1.807, 2.05) is 4.90 Å². The highest BCUT2D eigenvalue weighted by Gasteiger charge is 2.34. The first-order valence-corrected chi connectivity index (χ1v) is 7.27. The molecule has 0 spiro atoms. The summed E-state index contributed by atoms with van der Waals surface area (Å²) in [6.45, 7) is 6.03. The van der Waals surface area contributed by atoms with Gasteiger partial charge >= 0.3 is 0 Å². The maximum Gasteiger partial charge on any atom is 0.249 e. The maximum atomic E-state index is 12.3. The summed E-state index contributed by atoms with van der Waals surface area (Å²) >= 11 is 0. The van der Waals surface area contributed by atoms with E-state index in [1.165, 1.54) is 0 Å². The molecule has 6 nitrogen and oxygen atoms in total. The zero-order valence-corrected chi connectivity index (χ0v) is 12.1. The van der Waals surface area contributed by atoms with Gasteiger partial charge in [0, 0.05) is 25.1 Å². The molecule has 6 heteroatoms. The molecule has 1 amide bonds. The second-order valence-corrected chi connectivity index (χ2v) is 6.60. The molecule has 108 valence electrons. The van der Waals surface area contributed by atoms with E-state index in [1.54, 1.807) is 0 Å². The molecule has 1 N–H and O–H groups in total. The van der Waals surface area contributed by atoms with E-state index >= 15 is 0 Å². The van der Waals surface area contributed by atoms with Crippen molar-refractivity contribution in [1.82, 2.24) is 25.5 Å². The van der Waals surface area contributed by atoms with Crippen LogP contribution < -0.4 is 0 Å². The van der Waals surface area contributed by atoms with Gasteiger partial charge in [-0.3, -0.25) is 4.79 Å². The van der Waals surface area contributed by atoms with Gasteiger partial charge < -0.3 is 4.90 Å². The lowest BCUT2D eigenvalue weighted by molar-refractivity contribution is -0.129. The van der Waals surface area contributed by atoms with Gasteiger partial charge in [0.05, 0.1) is 0 Å². The molecule has 2 aliphatic rings. The maximum absolute atomic E-state index is 12.3. The second kappa shape index (κ2) is 5.00. The van der Waals surface area contributed by atoms with E-state index in [2.05, 4.69) is 40.5 Å². The van der Waals surface area contributed by atoms with Crippen LogP contribution in [-0.4, -0.2) is 44.5 Å². The summed E-state index contributed by atoms with van der Waals surface area (Å²) in [5.74, 6) is 1.57. The third-order valence-corrected chi connectivity index (χ3v) is 4.25. The second-order valence-electron chi connectivity index (χ2n) is 6.60.